The summed E-state index contributed by atoms with van der Waals surface area (Å²) in [5, 5.41) is 18.9. The Morgan fingerprint density at radius 2 is 2.00 bits per heavy atom. The molecule has 0 spiro atoms. The number of ether oxygens (including phenoxy) is 2. The van der Waals surface area contributed by atoms with Crippen LogP contribution in [-0.2, 0) is 17.8 Å². The summed E-state index contributed by atoms with van der Waals surface area (Å²) in [7, 11) is 0. The van der Waals surface area contributed by atoms with Crippen LogP contribution in [-0.4, -0.2) is 45.9 Å². The van der Waals surface area contributed by atoms with E-state index < -0.39 is 0 Å². The Labute approximate surface area is 167 Å². The fraction of sp³-hybridized carbons (Fsp3) is 0.368. The summed E-state index contributed by atoms with van der Waals surface area (Å²) < 4.78 is 11.2. The molecule has 3 aromatic rings. The number of benzene rings is 1. The van der Waals surface area contributed by atoms with Crippen LogP contribution in [0.5, 0.6) is 11.5 Å². The van der Waals surface area contributed by atoms with E-state index in [1.807, 2.05) is 48.9 Å². The lowest BCUT2D eigenvalue weighted by Gasteiger charge is -2.12. The minimum absolute atomic E-state index is 0.0324. The van der Waals surface area contributed by atoms with Gasteiger partial charge >= 0.3 is 0 Å². The van der Waals surface area contributed by atoms with Gasteiger partial charge in [-0.2, -0.15) is 16.1 Å². The summed E-state index contributed by atoms with van der Waals surface area (Å²) in [4.78, 5) is 13.4. The summed E-state index contributed by atoms with van der Waals surface area (Å²) in [6.07, 6.45) is 0.684. The predicted molar refractivity (Wildman–Crippen MR) is 107 cm³/mol. The second kappa shape index (κ2) is 9.84. The van der Waals surface area contributed by atoms with Crippen molar-refractivity contribution >= 4 is 17.2 Å². The van der Waals surface area contributed by atoms with Crippen LogP contribution in [0.15, 0.2) is 35.0 Å². The van der Waals surface area contributed by atoms with Crippen molar-refractivity contribution < 1.29 is 14.3 Å². The maximum atomic E-state index is 12.1. The fourth-order valence-electron chi connectivity index (χ4n) is 2.60. The zero-order valence-corrected chi connectivity index (χ0v) is 16.7. The van der Waals surface area contributed by atoms with Gasteiger partial charge < -0.3 is 14.8 Å². The molecule has 8 nitrogen and oxygen atoms in total. The molecule has 1 amide bonds. The average molecular weight is 401 g/mol. The number of nitrogens with one attached hydrogen (secondary N) is 1. The number of rotatable bonds is 10. The summed E-state index contributed by atoms with van der Waals surface area (Å²) in [6.45, 7) is 5.56. The SMILES string of the molecule is CCOc1ccc(CCNC(=O)Cn2nnc(-c3ccsc3)n2)cc1OCC. The van der Waals surface area contributed by atoms with Gasteiger partial charge in [0.25, 0.3) is 0 Å². The van der Waals surface area contributed by atoms with Gasteiger partial charge in [0.1, 0.15) is 6.54 Å². The van der Waals surface area contributed by atoms with E-state index in [1.165, 1.54) is 4.80 Å². The third-order valence-electron chi connectivity index (χ3n) is 3.86. The standard InChI is InChI=1S/C19H23N5O3S/c1-3-26-16-6-5-14(11-17(16)27-4-2)7-9-20-18(25)12-24-22-19(21-23-24)15-8-10-28-13-15/h5-6,8,10-11,13H,3-4,7,9,12H2,1-2H3,(H,20,25). The first-order valence-electron chi connectivity index (χ1n) is 9.15. The van der Waals surface area contributed by atoms with Crippen molar-refractivity contribution in [3.8, 4) is 22.9 Å². The molecule has 0 aliphatic rings. The Bertz CT molecular complexity index is 895. The van der Waals surface area contributed by atoms with E-state index in [1.54, 1.807) is 11.3 Å². The van der Waals surface area contributed by atoms with E-state index in [4.69, 9.17) is 9.47 Å². The van der Waals surface area contributed by atoms with Gasteiger partial charge in [0.2, 0.25) is 11.7 Å². The number of carbonyl (C=O) groups is 1. The molecule has 0 aliphatic carbocycles. The van der Waals surface area contributed by atoms with E-state index in [-0.39, 0.29) is 12.5 Å². The van der Waals surface area contributed by atoms with Gasteiger partial charge in [-0.05, 0) is 54.6 Å². The lowest BCUT2D eigenvalue weighted by molar-refractivity contribution is -0.122. The normalized spacial score (nSPS) is 10.6. The first-order chi connectivity index (χ1) is 13.7. The van der Waals surface area contributed by atoms with Crippen molar-refractivity contribution in [2.24, 2.45) is 0 Å². The Morgan fingerprint density at radius 3 is 2.75 bits per heavy atom. The van der Waals surface area contributed by atoms with Crippen LogP contribution in [0.25, 0.3) is 11.4 Å². The molecule has 0 atom stereocenters. The maximum absolute atomic E-state index is 12.1. The molecule has 28 heavy (non-hydrogen) atoms. The second-order valence-corrected chi connectivity index (χ2v) is 6.68. The lowest BCUT2D eigenvalue weighted by Crippen LogP contribution is -2.30. The Balaban J connectivity index is 1.49. The third-order valence-corrected chi connectivity index (χ3v) is 4.54. The highest BCUT2D eigenvalue weighted by molar-refractivity contribution is 7.08. The fourth-order valence-corrected chi connectivity index (χ4v) is 3.23. The lowest BCUT2D eigenvalue weighted by atomic mass is 10.1. The van der Waals surface area contributed by atoms with Crippen molar-refractivity contribution in [2.45, 2.75) is 26.8 Å². The van der Waals surface area contributed by atoms with Crippen LogP contribution in [0.1, 0.15) is 19.4 Å². The van der Waals surface area contributed by atoms with Crippen molar-refractivity contribution in [3.05, 3.63) is 40.6 Å². The molecule has 1 N–H and O–H groups in total. The molecule has 0 bridgehead atoms. The number of hydrogen-bond donors (Lipinski definition) is 1. The number of nitrogens with zero attached hydrogens (tertiary/aromatic N) is 4. The number of hydrogen-bond acceptors (Lipinski definition) is 7. The zero-order chi connectivity index (χ0) is 19.8. The summed E-state index contributed by atoms with van der Waals surface area (Å²) in [5.74, 6) is 1.81. The highest BCUT2D eigenvalue weighted by Gasteiger charge is 2.10. The molecule has 9 heteroatoms. The minimum atomic E-state index is -0.162. The molecule has 0 fully saturated rings. The molecule has 0 aliphatic heterocycles. The average Bonchev–Trinajstić information content (AvgIpc) is 3.36. The number of tetrazole rings is 1. The highest BCUT2D eigenvalue weighted by Crippen LogP contribution is 2.28. The first-order valence-corrected chi connectivity index (χ1v) is 10.1. The maximum Gasteiger partial charge on any atom is 0.243 e. The van der Waals surface area contributed by atoms with Gasteiger partial charge in [-0.1, -0.05) is 6.07 Å². The molecular weight excluding hydrogens is 378 g/mol. The van der Waals surface area contributed by atoms with Crippen LogP contribution < -0.4 is 14.8 Å². The van der Waals surface area contributed by atoms with Crippen LogP contribution in [0.2, 0.25) is 0 Å². The quantitative estimate of drug-likeness (QED) is 0.561. The highest BCUT2D eigenvalue weighted by atomic mass is 32.1. The van der Waals surface area contributed by atoms with Crippen LogP contribution in [0, 0.1) is 0 Å². The largest absolute Gasteiger partial charge is 0.490 e. The first kappa shape index (κ1) is 19.8. The topological polar surface area (TPSA) is 91.2 Å². The Kier molecular flexibility index (Phi) is 6.96. The molecule has 0 saturated heterocycles. The predicted octanol–water partition coefficient (Wildman–Crippen LogP) is 2.56. The number of thiophene rings is 1. The molecule has 0 radical (unpaired) electrons. The van der Waals surface area contributed by atoms with Gasteiger partial charge in [-0.3, -0.25) is 4.79 Å². The van der Waals surface area contributed by atoms with Gasteiger partial charge in [-0.25, -0.2) is 0 Å². The van der Waals surface area contributed by atoms with E-state index in [0.29, 0.717) is 32.0 Å². The van der Waals surface area contributed by atoms with Gasteiger partial charge in [0.15, 0.2) is 11.5 Å². The van der Waals surface area contributed by atoms with Crippen molar-refractivity contribution in [1.82, 2.24) is 25.5 Å². The molecule has 2 heterocycles. The smallest absolute Gasteiger partial charge is 0.243 e. The molecule has 1 aromatic carbocycles. The van der Waals surface area contributed by atoms with Crippen LogP contribution in [0.3, 0.4) is 0 Å². The molecule has 2 aromatic heterocycles. The summed E-state index contributed by atoms with van der Waals surface area (Å²) >= 11 is 1.56. The molecule has 148 valence electrons. The number of aromatic nitrogens is 4. The minimum Gasteiger partial charge on any atom is -0.490 e. The molecule has 0 unspecified atom stereocenters. The van der Waals surface area contributed by atoms with E-state index in [0.717, 1.165) is 22.6 Å². The van der Waals surface area contributed by atoms with E-state index >= 15 is 0 Å². The van der Waals surface area contributed by atoms with Crippen molar-refractivity contribution in [3.63, 3.8) is 0 Å². The van der Waals surface area contributed by atoms with Gasteiger partial charge in [0.05, 0.1) is 13.2 Å². The number of carbonyl (C=O) groups excluding carboxylic acids is 1. The Morgan fingerprint density at radius 1 is 1.18 bits per heavy atom. The van der Waals surface area contributed by atoms with Gasteiger partial charge in [-0.15, -0.1) is 10.2 Å². The summed E-state index contributed by atoms with van der Waals surface area (Å²) in [5.41, 5.74) is 1.96. The van der Waals surface area contributed by atoms with Gasteiger partial charge in [0, 0.05) is 17.5 Å². The molecular formula is C19H23N5O3S. The zero-order valence-electron chi connectivity index (χ0n) is 15.9. The van der Waals surface area contributed by atoms with Crippen molar-refractivity contribution in [2.75, 3.05) is 19.8 Å². The Hall–Kier alpha value is -2.94. The summed E-state index contributed by atoms with van der Waals surface area (Å²) in [6, 6.07) is 7.74. The monoisotopic (exact) mass is 401 g/mol. The molecule has 0 saturated carbocycles. The number of amides is 1. The molecule has 3 rings (SSSR count). The third kappa shape index (κ3) is 5.29. The van der Waals surface area contributed by atoms with Crippen LogP contribution >= 0.6 is 11.3 Å². The van der Waals surface area contributed by atoms with E-state index in [9.17, 15) is 4.79 Å². The van der Waals surface area contributed by atoms with E-state index in [2.05, 4.69) is 20.7 Å². The van der Waals surface area contributed by atoms with Crippen molar-refractivity contribution in [1.29, 1.82) is 0 Å². The second-order valence-electron chi connectivity index (χ2n) is 5.90. The van der Waals surface area contributed by atoms with Crippen LogP contribution in [0.4, 0.5) is 0 Å².